The number of hydrogen-bond donors (Lipinski definition) is 1. The largest absolute Gasteiger partial charge is 0.334 e. The molecule has 0 aliphatic carbocycles. The van der Waals surface area contributed by atoms with E-state index >= 15 is 0 Å². The van der Waals surface area contributed by atoms with Crippen LogP contribution < -0.4 is 11.1 Å². The Labute approximate surface area is 158 Å². The Kier molecular flexibility index (Phi) is 4.16. The highest BCUT2D eigenvalue weighted by Crippen LogP contribution is 2.26. The average Bonchev–Trinajstić information content (AvgIpc) is 3.12. The zero-order valence-electron chi connectivity index (χ0n) is 14.6. The number of fused-ring (bicyclic) bond motifs is 1. The monoisotopic (exact) mass is 382 g/mol. The topological polar surface area (TPSA) is 93.8 Å². The molecule has 1 N–H and O–H groups in total. The predicted octanol–water partition coefficient (Wildman–Crippen LogP) is 3.64. The van der Waals surface area contributed by atoms with E-state index in [-0.39, 0.29) is 6.04 Å². The molecule has 27 heavy (non-hydrogen) atoms. The Morgan fingerprint density at radius 2 is 1.93 bits per heavy atom. The van der Waals surface area contributed by atoms with Crippen molar-refractivity contribution in [3.63, 3.8) is 0 Å². The van der Waals surface area contributed by atoms with Crippen LogP contribution in [0.4, 0.5) is 0 Å². The van der Waals surface area contributed by atoms with Crippen LogP contribution in [-0.4, -0.2) is 19.7 Å². The maximum atomic E-state index is 12.1. The van der Waals surface area contributed by atoms with E-state index in [1.165, 1.54) is 4.57 Å². The number of H-pyrrole nitrogens is 1. The minimum Gasteiger partial charge on any atom is -0.334 e. The van der Waals surface area contributed by atoms with Crippen molar-refractivity contribution in [2.45, 2.75) is 19.9 Å². The van der Waals surface area contributed by atoms with Gasteiger partial charge in [0.15, 0.2) is 0 Å². The third kappa shape index (κ3) is 3.06. The summed E-state index contributed by atoms with van der Waals surface area (Å²) in [5, 5.41) is 4.58. The molecule has 2 aromatic heterocycles. The molecule has 0 amide bonds. The van der Waals surface area contributed by atoms with Crippen LogP contribution in [0.15, 0.2) is 56.6 Å². The van der Waals surface area contributed by atoms with Crippen LogP contribution in [0, 0.1) is 0 Å². The third-order valence-electron chi connectivity index (χ3n) is 4.19. The molecule has 0 aliphatic heterocycles. The Morgan fingerprint density at radius 1 is 1.11 bits per heavy atom. The summed E-state index contributed by atoms with van der Waals surface area (Å²) in [5.41, 5.74) is 1.29. The van der Waals surface area contributed by atoms with Gasteiger partial charge in [-0.3, -0.25) is 14.2 Å². The molecule has 2 heterocycles. The number of benzene rings is 2. The van der Waals surface area contributed by atoms with Crippen LogP contribution in [0.3, 0.4) is 0 Å². The first kappa shape index (κ1) is 17.2. The van der Waals surface area contributed by atoms with E-state index in [2.05, 4.69) is 15.1 Å². The number of aromatic nitrogens is 4. The molecule has 0 unspecified atom stereocenters. The Bertz CT molecular complexity index is 1270. The van der Waals surface area contributed by atoms with Crippen molar-refractivity contribution in [2.24, 2.45) is 0 Å². The van der Waals surface area contributed by atoms with Crippen LogP contribution in [0.25, 0.3) is 33.9 Å². The molecule has 0 aliphatic rings. The summed E-state index contributed by atoms with van der Waals surface area (Å²) in [6.07, 6.45) is 0. The molecule has 0 spiro atoms. The summed E-state index contributed by atoms with van der Waals surface area (Å²) in [5.74, 6) is 0.711. The fourth-order valence-electron chi connectivity index (χ4n) is 2.97. The van der Waals surface area contributed by atoms with Gasteiger partial charge >= 0.3 is 11.1 Å². The number of hydrogen-bond acceptors (Lipinski definition) is 5. The summed E-state index contributed by atoms with van der Waals surface area (Å²) in [6.45, 7) is 3.70. The summed E-state index contributed by atoms with van der Waals surface area (Å²) in [6, 6.07) is 12.2. The number of nitrogens with one attached hydrogen (secondary N) is 1. The van der Waals surface area contributed by atoms with E-state index in [1.807, 2.05) is 19.9 Å². The van der Waals surface area contributed by atoms with Gasteiger partial charge in [0.2, 0.25) is 5.82 Å². The molecule has 0 atom stereocenters. The SMILES string of the molecule is CC(C)n1c(=O)c(=O)[nH]c2cc(-c3noc(-c4cccc(Cl)c4)n3)ccc21. The minimum absolute atomic E-state index is 0.146. The van der Waals surface area contributed by atoms with E-state index in [4.69, 9.17) is 16.1 Å². The van der Waals surface area contributed by atoms with Gasteiger partial charge in [0, 0.05) is 22.2 Å². The summed E-state index contributed by atoms with van der Waals surface area (Å²) in [4.78, 5) is 31.1. The summed E-state index contributed by atoms with van der Waals surface area (Å²) < 4.78 is 6.79. The van der Waals surface area contributed by atoms with Gasteiger partial charge in [-0.05, 0) is 50.2 Å². The Morgan fingerprint density at radius 3 is 2.67 bits per heavy atom. The van der Waals surface area contributed by atoms with Crippen LogP contribution >= 0.6 is 11.6 Å². The zero-order chi connectivity index (χ0) is 19.1. The van der Waals surface area contributed by atoms with Gasteiger partial charge in [-0.15, -0.1) is 0 Å². The molecule has 4 rings (SSSR count). The van der Waals surface area contributed by atoms with Crippen molar-refractivity contribution in [2.75, 3.05) is 0 Å². The van der Waals surface area contributed by atoms with Crippen LogP contribution in [-0.2, 0) is 0 Å². The second kappa shape index (κ2) is 6.51. The molecule has 0 radical (unpaired) electrons. The Hall–Kier alpha value is -3.19. The predicted molar refractivity (Wildman–Crippen MR) is 103 cm³/mol. The molecule has 2 aromatic carbocycles. The lowest BCUT2D eigenvalue weighted by Gasteiger charge is -2.13. The standard InChI is InChI=1S/C19H15ClN4O3/c1-10(2)24-15-7-6-11(9-14(15)21-17(25)19(24)26)16-22-18(27-23-16)12-4-3-5-13(20)8-12/h3-10H,1-2H3,(H,21,25). The quantitative estimate of drug-likeness (QED) is 0.546. The van der Waals surface area contributed by atoms with Gasteiger partial charge in [-0.1, -0.05) is 22.8 Å². The molecule has 0 saturated heterocycles. The maximum absolute atomic E-state index is 12.1. The molecular formula is C19H15ClN4O3. The van der Waals surface area contributed by atoms with Crippen LogP contribution in [0.2, 0.25) is 5.02 Å². The van der Waals surface area contributed by atoms with E-state index in [0.29, 0.717) is 38.9 Å². The van der Waals surface area contributed by atoms with E-state index in [0.717, 1.165) is 0 Å². The lowest BCUT2D eigenvalue weighted by molar-refractivity contribution is 0.432. The Balaban J connectivity index is 1.83. The summed E-state index contributed by atoms with van der Waals surface area (Å²) in [7, 11) is 0. The molecule has 8 heteroatoms. The zero-order valence-corrected chi connectivity index (χ0v) is 15.3. The highest BCUT2D eigenvalue weighted by Gasteiger charge is 2.14. The first-order valence-corrected chi connectivity index (χ1v) is 8.70. The second-order valence-corrected chi connectivity index (χ2v) is 6.82. The van der Waals surface area contributed by atoms with Crippen LogP contribution in [0.5, 0.6) is 0 Å². The fourth-order valence-corrected chi connectivity index (χ4v) is 3.16. The molecular weight excluding hydrogens is 368 g/mol. The van der Waals surface area contributed by atoms with Crippen molar-refractivity contribution in [1.82, 2.24) is 19.7 Å². The van der Waals surface area contributed by atoms with E-state index in [1.54, 1.807) is 36.4 Å². The molecule has 7 nitrogen and oxygen atoms in total. The second-order valence-electron chi connectivity index (χ2n) is 6.39. The van der Waals surface area contributed by atoms with Gasteiger partial charge in [0.25, 0.3) is 5.89 Å². The average molecular weight is 383 g/mol. The molecule has 0 saturated carbocycles. The van der Waals surface area contributed by atoms with Gasteiger partial charge in [0.1, 0.15) is 0 Å². The normalized spacial score (nSPS) is 11.4. The molecule has 0 bridgehead atoms. The smallest absolute Gasteiger partial charge is 0.316 e. The number of aromatic amines is 1. The number of nitrogens with zero attached hydrogens (tertiary/aromatic N) is 3. The lowest BCUT2D eigenvalue weighted by atomic mass is 10.1. The van der Waals surface area contributed by atoms with Gasteiger partial charge in [-0.2, -0.15) is 4.98 Å². The van der Waals surface area contributed by atoms with E-state index in [9.17, 15) is 9.59 Å². The van der Waals surface area contributed by atoms with Crippen molar-refractivity contribution in [3.05, 3.63) is 68.2 Å². The first-order chi connectivity index (χ1) is 12.9. The van der Waals surface area contributed by atoms with Crippen molar-refractivity contribution < 1.29 is 4.52 Å². The first-order valence-electron chi connectivity index (χ1n) is 8.32. The van der Waals surface area contributed by atoms with Crippen LogP contribution in [0.1, 0.15) is 19.9 Å². The lowest BCUT2D eigenvalue weighted by Crippen LogP contribution is -2.37. The van der Waals surface area contributed by atoms with Crippen molar-refractivity contribution >= 4 is 22.6 Å². The van der Waals surface area contributed by atoms with Crippen molar-refractivity contribution in [3.8, 4) is 22.8 Å². The number of rotatable bonds is 3. The van der Waals surface area contributed by atoms with E-state index < -0.39 is 11.1 Å². The van der Waals surface area contributed by atoms with Crippen molar-refractivity contribution in [1.29, 1.82) is 0 Å². The molecule has 0 fully saturated rings. The maximum Gasteiger partial charge on any atom is 0.316 e. The van der Waals surface area contributed by atoms with Gasteiger partial charge in [0.05, 0.1) is 11.0 Å². The molecule has 4 aromatic rings. The summed E-state index contributed by atoms with van der Waals surface area (Å²) >= 11 is 6.00. The molecule has 136 valence electrons. The highest BCUT2D eigenvalue weighted by atomic mass is 35.5. The van der Waals surface area contributed by atoms with Gasteiger partial charge < -0.3 is 9.51 Å². The highest BCUT2D eigenvalue weighted by molar-refractivity contribution is 6.30. The third-order valence-corrected chi connectivity index (χ3v) is 4.42. The van der Waals surface area contributed by atoms with Gasteiger partial charge in [-0.25, -0.2) is 0 Å². The fraction of sp³-hybridized carbons (Fsp3) is 0.158. The number of halogens is 1. The minimum atomic E-state index is -0.666.